The van der Waals surface area contributed by atoms with Crippen molar-refractivity contribution < 1.29 is 18.3 Å². The van der Waals surface area contributed by atoms with Gasteiger partial charge in [0.2, 0.25) is 0 Å². The van der Waals surface area contributed by atoms with Crippen molar-refractivity contribution in [2.45, 2.75) is 13.0 Å². The van der Waals surface area contributed by atoms with Gasteiger partial charge in [0.05, 0.1) is 29.0 Å². The van der Waals surface area contributed by atoms with E-state index in [0.717, 1.165) is 0 Å². The largest absolute Gasteiger partial charge is 0.483 e. The van der Waals surface area contributed by atoms with Crippen molar-refractivity contribution in [3.63, 3.8) is 0 Å². The minimum atomic E-state index is -1.24. The van der Waals surface area contributed by atoms with Crippen LogP contribution < -0.4 is 21.1 Å². The number of carbonyl (C=O) groups is 1. The number of aromatic nitrogens is 2. The summed E-state index contributed by atoms with van der Waals surface area (Å²) in [5.74, 6) is 6.24. The van der Waals surface area contributed by atoms with Gasteiger partial charge in [0, 0.05) is 11.8 Å². The summed E-state index contributed by atoms with van der Waals surface area (Å²) in [5.41, 5.74) is 7.33. The van der Waals surface area contributed by atoms with E-state index in [1.165, 1.54) is 23.7 Å². The number of alkyl halides is 2. The number of nitrogens with zero attached hydrogens (tertiary/aromatic N) is 3. The molecular formula is C23H26F2N6O2S. The average molecular weight is 489 g/mol. The molecular weight excluding hydrogens is 462 g/mol. The summed E-state index contributed by atoms with van der Waals surface area (Å²) in [7, 11) is 3.83. The first kappa shape index (κ1) is 25.1. The molecule has 2 heterocycles. The first-order chi connectivity index (χ1) is 16.3. The molecule has 3 rings (SSSR count). The number of amides is 1. The Hall–Kier alpha value is -3.49. The summed E-state index contributed by atoms with van der Waals surface area (Å²) in [5, 5.41) is 6.59. The molecule has 0 spiro atoms. The molecule has 0 saturated carbocycles. The lowest BCUT2D eigenvalue weighted by molar-refractivity contribution is 0.0962. The summed E-state index contributed by atoms with van der Waals surface area (Å²) in [4.78, 5) is 24.4. The fraction of sp³-hybridized carbons (Fsp3) is 0.348. The molecule has 0 radical (unpaired) electrons. The summed E-state index contributed by atoms with van der Waals surface area (Å²) in [6.07, 6.45) is 0.130. The summed E-state index contributed by atoms with van der Waals surface area (Å²) >= 11 is 1.24. The molecule has 11 heteroatoms. The quantitative estimate of drug-likeness (QED) is 0.314. The van der Waals surface area contributed by atoms with Crippen molar-refractivity contribution in [2.75, 3.05) is 51.6 Å². The summed E-state index contributed by atoms with van der Waals surface area (Å²) in [6.45, 7) is 0.682. The summed E-state index contributed by atoms with van der Waals surface area (Å²) < 4.78 is 31.5. The third-order valence-electron chi connectivity index (χ3n) is 4.69. The molecule has 0 aliphatic carbocycles. The normalized spacial score (nSPS) is 10.9. The molecule has 2 aromatic heterocycles. The molecule has 0 aliphatic heterocycles. The van der Waals surface area contributed by atoms with Gasteiger partial charge in [-0.25, -0.2) is 18.7 Å². The van der Waals surface area contributed by atoms with Gasteiger partial charge in [-0.05, 0) is 38.7 Å². The Morgan fingerprint density at radius 2 is 2.03 bits per heavy atom. The van der Waals surface area contributed by atoms with E-state index in [1.807, 2.05) is 25.9 Å². The van der Waals surface area contributed by atoms with Gasteiger partial charge in [-0.2, -0.15) is 0 Å². The Morgan fingerprint density at radius 3 is 2.74 bits per heavy atom. The van der Waals surface area contributed by atoms with Gasteiger partial charge in [0.15, 0.2) is 6.10 Å². The zero-order valence-corrected chi connectivity index (χ0v) is 19.9. The van der Waals surface area contributed by atoms with E-state index in [4.69, 9.17) is 10.5 Å². The molecule has 0 bridgehead atoms. The predicted octanol–water partition coefficient (Wildman–Crippen LogP) is 3.31. The van der Waals surface area contributed by atoms with E-state index < -0.39 is 19.5 Å². The van der Waals surface area contributed by atoms with Crippen LogP contribution in [0.2, 0.25) is 0 Å². The van der Waals surface area contributed by atoms with Gasteiger partial charge in [0.25, 0.3) is 5.91 Å². The molecule has 0 aliphatic rings. The van der Waals surface area contributed by atoms with Crippen molar-refractivity contribution in [3.05, 3.63) is 35.0 Å². The molecule has 4 N–H and O–H groups in total. The van der Waals surface area contributed by atoms with Gasteiger partial charge in [-0.1, -0.05) is 11.8 Å². The number of aryl methyl sites for hydroxylation is 1. The number of benzene rings is 1. The van der Waals surface area contributed by atoms with Gasteiger partial charge in [-0.3, -0.25) is 9.69 Å². The van der Waals surface area contributed by atoms with Crippen LogP contribution in [0.1, 0.15) is 15.2 Å². The maximum absolute atomic E-state index is 13.0. The van der Waals surface area contributed by atoms with E-state index in [2.05, 4.69) is 32.4 Å². The molecule has 3 aromatic rings. The van der Waals surface area contributed by atoms with Crippen molar-refractivity contribution in [1.82, 2.24) is 20.2 Å². The molecule has 0 fully saturated rings. The van der Waals surface area contributed by atoms with Crippen molar-refractivity contribution in [2.24, 2.45) is 0 Å². The number of rotatable bonds is 9. The van der Waals surface area contributed by atoms with Crippen molar-refractivity contribution in [3.8, 4) is 17.6 Å². The third-order valence-corrected chi connectivity index (χ3v) is 5.89. The Morgan fingerprint density at radius 1 is 1.26 bits per heavy atom. The standard InChI is InChI=1S/C23H26F2N6O2S/c1-14-19-21(30-17-7-6-15(26)10-18(17)33-16(11-24)12-25)28-13-29-23(19)34-20(14)22(32)27-8-4-5-9-31(2)3/h6-7,10,13,16H,8-9,11-12,26H2,1-3H3,(H,27,32)(H,28,29,30). The second kappa shape index (κ2) is 11.6. The first-order valence-electron chi connectivity index (χ1n) is 10.4. The number of nitrogens with one attached hydrogen (secondary N) is 2. The highest BCUT2D eigenvalue weighted by molar-refractivity contribution is 7.20. The summed E-state index contributed by atoms with van der Waals surface area (Å²) in [6, 6.07) is 4.74. The zero-order chi connectivity index (χ0) is 24.7. The lowest BCUT2D eigenvalue weighted by atomic mass is 10.2. The first-order valence-corrected chi connectivity index (χ1v) is 11.2. The molecule has 8 nitrogen and oxygen atoms in total. The minimum Gasteiger partial charge on any atom is -0.483 e. The van der Waals surface area contributed by atoms with E-state index in [1.54, 1.807) is 12.1 Å². The molecule has 1 aromatic carbocycles. The van der Waals surface area contributed by atoms with E-state index in [-0.39, 0.29) is 18.2 Å². The van der Waals surface area contributed by atoms with Gasteiger partial charge < -0.3 is 21.1 Å². The molecule has 0 saturated heterocycles. The molecule has 0 atom stereocenters. The maximum atomic E-state index is 13.0. The van der Waals surface area contributed by atoms with Crippen LogP contribution in [0.4, 0.5) is 26.0 Å². The Labute approximate surface area is 200 Å². The van der Waals surface area contributed by atoms with Crippen LogP contribution in [0.3, 0.4) is 0 Å². The lowest BCUT2D eigenvalue weighted by Crippen LogP contribution is -2.23. The molecule has 34 heavy (non-hydrogen) atoms. The smallest absolute Gasteiger partial charge is 0.262 e. The second-order valence-electron chi connectivity index (χ2n) is 7.66. The fourth-order valence-electron chi connectivity index (χ4n) is 3.02. The van der Waals surface area contributed by atoms with E-state index in [0.29, 0.717) is 44.4 Å². The predicted molar refractivity (Wildman–Crippen MR) is 131 cm³/mol. The van der Waals surface area contributed by atoms with Crippen LogP contribution in [0.25, 0.3) is 10.2 Å². The monoisotopic (exact) mass is 488 g/mol. The Balaban J connectivity index is 1.87. The number of fused-ring (bicyclic) bond motifs is 1. The number of nitrogens with two attached hydrogens (primary N) is 1. The van der Waals surface area contributed by atoms with Gasteiger partial charge in [0.1, 0.15) is 36.1 Å². The number of halogens is 2. The number of anilines is 3. The Kier molecular flexibility index (Phi) is 8.56. The van der Waals surface area contributed by atoms with Gasteiger partial charge >= 0.3 is 0 Å². The number of hydrogen-bond acceptors (Lipinski definition) is 8. The van der Waals surface area contributed by atoms with Crippen LogP contribution in [0.5, 0.6) is 5.75 Å². The molecule has 0 unspecified atom stereocenters. The van der Waals surface area contributed by atoms with E-state index in [9.17, 15) is 13.6 Å². The number of thiophene rings is 1. The highest BCUT2D eigenvalue weighted by Crippen LogP contribution is 2.37. The SMILES string of the molecule is Cc1c(C(=O)NCC#CCN(C)C)sc2ncnc(Nc3ccc(N)cc3OC(CF)CF)c12. The fourth-order valence-corrected chi connectivity index (χ4v) is 4.08. The number of hydrogen-bond donors (Lipinski definition) is 3. The van der Waals surface area contributed by atoms with Crippen LogP contribution in [0.15, 0.2) is 24.5 Å². The second-order valence-corrected chi connectivity index (χ2v) is 8.66. The van der Waals surface area contributed by atoms with Crippen LogP contribution >= 0.6 is 11.3 Å². The molecule has 1 amide bonds. The maximum Gasteiger partial charge on any atom is 0.262 e. The van der Waals surface area contributed by atoms with Crippen molar-refractivity contribution >= 4 is 44.7 Å². The number of nitrogen functional groups attached to an aromatic ring is 1. The van der Waals surface area contributed by atoms with Crippen molar-refractivity contribution in [1.29, 1.82) is 0 Å². The number of carbonyl (C=O) groups excluding carboxylic acids is 1. The topological polar surface area (TPSA) is 105 Å². The van der Waals surface area contributed by atoms with Crippen LogP contribution in [-0.2, 0) is 0 Å². The van der Waals surface area contributed by atoms with Crippen LogP contribution in [0, 0.1) is 18.8 Å². The highest BCUT2D eigenvalue weighted by Gasteiger charge is 2.20. The average Bonchev–Trinajstić information content (AvgIpc) is 3.16. The van der Waals surface area contributed by atoms with Gasteiger partial charge in [-0.15, -0.1) is 11.3 Å². The Bertz CT molecular complexity index is 1220. The lowest BCUT2D eigenvalue weighted by Gasteiger charge is -2.17. The molecule has 180 valence electrons. The zero-order valence-electron chi connectivity index (χ0n) is 19.1. The highest BCUT2D eigenvalue weighted by atomic mass is 32.1. The van der Waals surface area contributed by atoms with E-state index >= 15 is 0 Å². The number of ether oxygens (including phenoxy) is 1. The third kappa shape index (κ3) is 6.09. The minimum absolute atomic E-state index is 0.189. The van der Waals surface area contributed by atoms with Crippen LogP contribution in [-0.4, -0.2) is 67.4 Å².